The van der Waals surface area contributed by atoms with Crippen molar-refractivity contribution in [2.24, 2.45) is 0 Å². The lowest BCUT2D eigenvalue weighted by Gasteiger charge is -2.17. The van der Waals surface area contributed by atoms with Gasteiger partial charge in [-0.3, -0.25) is 0 Å². The predicted octanol–water partition coefficient (Wildman–Crippen LogP) is 13.6. The molecule has 0 saturated carbocycles. The fourth-order valence-electron chi connectivity index (χ4n) is 9.06. The summed E-state index contributed by atoms with van der Waals surface area (Å²) in [6.45, 7) is 0. The standard InChI is InChI=1S/C53H32N4/c1-4-15-33(16-5-1)37-31-36-27-29-47-50-48(36)44(32-37)39-22-11-10-21-38(39)42-25-14-26-46(49(42)50)57(47)45-30-28-43(40-23-12-13-24-41(40)45)53-55-51(34-17-6-2-7-18-34)54-52(56-53)35-19-8-3-9-20-35/h1-32H. The van der Waals surface area contributed by atoms with E-state index in [9.17, 15) is 0 Å². The summed E-state index contributed by atoms with van der Waals surface area (Å²) in [6.07, 6.45) is 0. The molecule has 0 fully saturated rings. The number of aromatic nitrogens is 4. The molecule has 0 bridgehead atoms. The van der Waals surface area contributed by atoms with Crippen LogP contribution in [0.5, 0.6) is 0 Å². The van der Waals surface area contributed by atoms with Gasteiger partial charge in [-0.1, -0.05) is 158 Å². The molecule has 2 heterocycles. The van der Waals surface area contributed by atoms with Gasteiger partial charge < -0.3 is 4.57 Å². The lowest BCUT2D eigenvalue weighted by Crippen LogP contribution is -2.01. The topological polar surface area (TPSA) is 43.6 Å². The fraction of sp³-hybridized carbons (Fsp3) is 0. The Morgan fingerprint density at radius 1 is 0.298 bits per heavy atom. The Bertz CT molecular complexity index is 3330. The first-order valence-electron chi connectivity index (χ1n) is 19.4. The van der Waals surface area contributed by atoms with Crippen LogP contribution >= 0.6 is 0 Å². The van der Waals surface area contributed by atoms with Gasteiger partial charge in [0, 0.05) is 32.8 Å². The first-order valence-corrected chi connectivity index (χ1v) is 19.4. The van der Waals surface area contributed by atoms with E-state index in [0.717, 1.165) is 33.2 Å². The summed E-state index contributed by atoms with van der Waals surface area (Å²) >= 11 is 0. The second kappa shape index (κ2) is 12.4. The van der Waals surface area contributed by atoms with Crippen molar-refractivity contribution in [2.45, 2.75) is 0 Å². The highest BCUT2D eigenvalue weighted by molar-refractivity contribution is 6.31. The maximum atomic E-state index is 5.13. The zero-order valence-corrected chi connectivity index (χ0v) is 30.8. The Morgan fingerprint density at radius 3 is 1.56 bits per heavy atom. The van der Waals surface area contributed by atoms with E-state index in [-0.39, 0.29) is 0 Å². The van der Waals surface area contributed by atoms with Gasteiger partial charge in [0.1, 0.15) is 0 Å². The lowest BCUT2D eigenvalue weighted by molar-refractivity contribution is 1.08. The molecule has 0 aliphatic heterocycles. The van der Waals surface area contributed by atoms with Crippen molar-refractivity contribution < 1.29 is 0 Å². The molecule has 12 rings (SSSR count). The molecule has 0 radical (unpaired) electrons. The molecule has 0 unspecified atom stereocenters. The van der Waals surface area contributed by atoms with Crippen molar-refractivity contribution in [3.63, 3.8) is 0 Å². The normalized spacial score (nSPS) is 11.9. The van der Waals surface area contributed by atoms with Gasteiger partial charge >= 0.3 is 0 Å². The van der Waals surface area contributed by atoms with E-state index >= 15 is 0 Å². The molecule has 0 amide bonds. The summed E-state index contributed by atoms with van der Waals surface area (Å²) < 4.78 is 2.47. The van der Waals surface area contributed by atoms with Gasteiger partial charge in [-0.05, 0) is 85.9 Å². The van der Waals surface area contributed by atoms with Gasteiger partial charge in [0.15, 0.2) is 17.5 Å². The Balaban J connectivity index is 1.14. The molecule has 4 heteroatoms. The van der Waals surface area contributed by atoms with Gasteiger partial charge in [0.2, 0.25) is 0 Å². The largest absolute Gasteiger partial charge is 0.309 e. The maximum absolute atomic E-state index is 5.13. The molecule has 2 aromatic heterocycles. The average Bonchev–Trinajstić information content (AvgIpc) is 3.57. The van der Waals surface area contributed by atoms with E-state index in [2.05, 4.69) is 162 Å². The van der Waals surface area contributed by atoms with Crippen LogP contribution in [0.15, 0.2) is 194 Å². The van der Waals surface area contributed by atoms with Gasteiger partial charge in [0.25, 0.3) is 0 Å². The van der Waals surface area contributed by atoms with Gasteiger partial charge in [-0.2, -0.15) is 0 Å². The molecular weight excluding hydrogens is 693 g/mol. The number of benzene rings is 9. The monoisotopic (exact) mass is 724 g/mol. The summed E-state index contributed by atoms with van der Waals surface area (Å²) in [5, 5.41) is 7.30. The molecule has 1 aliphatic carbocycles. The van der Waals surface area contributed by atoms with Crippen LogP contribution in [-0.4, -0.2) is 19.5 Å². The number of hydrogen-bond donors (Lipinski definition) is 0. The molecular formula is C53H32N4. The zero-order valence-electron chi connectivity index (χ0n) is 30.8. The number of rotatable bonds is 5. The minimum Gasteiger partial charge on any atom is -0.309 e. The minimum absolute atomic E-state index is 0.644. The van der Waals surface area contributed by atoms with E-state index < -0.39 is 0 Å². The van der Waals surface area contributed by atoms with Crippen LogP contribution in [0.3, 0.4) is 0 Å². The van der Waals surface area contributed by atoms with Crippen molar-refractivity contribution in [2.75, 3.05) is 0 Å². The second-order valence-electron chi connectivity index (χ2n) is 14.7. The zero-order chi connectivity index (χ0) is 37.5. The summed E-state index contributed by atoms with van der Waals surface area (Å²) in [5.41, 5.74) is 13.8. The minimum atomic E-state index is 0.644. The SMILES string of the molecule is c1ccc(-c2cc3c4c(ccc5c4c4c(cccc4n5-c4ccc(-c5nc(-c6ccccc6)nc(-c6ccccc6)n5)c5ccccc45)-c4ccccc4-3)c2)cc1. The summed E-state index contributed by atoms with van der Waals surface area (Å²) in [5.74, 6) is 1.94. The van der Waals surface area contributed by atoms with E-state index in [1.54, 1.807) is 0 Å². The van der Waals surface area contributed by atoms with Crippen LogP contribution in [0, 0.1) is 0 Å². The van der Waals surface area contributed by atoms with Gasteiger partial charge in [0.05, 0.1) is 16.7 Å². The second-order valence-corrected chi connectivity index (χ2v) is 14.7. The van der Waals surface area contributed by atoms with Crippen LogP contribution in [0.25, 0.3) is 117 Å². The molecule has 11 aromatic rings. The van der Waals surface area contributed by atoms with Crippen molar-refractivity contribution in [3.05, 3.63) is 194 Å². The maximum Gasteiger partial charge on any atom is 0.164 e. The number of hydrogen-bond acceptors (Lipinski definition) is 3. The Kier molecular flexibility index (Phi) is 6.89. The summed E-state index contributed by atoms with van der Waals surface area (Å²) in [6, 6.07) is 69.3. The van der Waals surface area contributed by atoms with Crippen molar-refractivity contribution in [3.8, 4) is 73.2 Å². The summed E-state index contributed by atoms with van der Waals surface area (Å²) in [4.78, 5) is 15.2. The molecule has 0 atom stereocenters. The lowest BCUT2D eigenvalue weighted by atomic mass is 9.90. The molecule has 4 nitrogen and oxygen atoms in total. The van der Waals surface area contributed by atoms with Crippen LogP contribution in [0.2, 0.25) is 0 Å². The molecule has 9 aromatic carbocycles. The molecule has 0 N–H and O–H groups in total. The number of fused-ring (bicyclic) bond motifs is 4. The van der Waals surface area contributed by atoms with E-state index in [4.69, 9.17) is 15.0 Å². The predicted molar refractivity (Wildman–Crippen MR) is 235 cm³/mol. The van der Waals surface area contributed by atoms with E-state index in [1.165, 1.54) is 66.0 Å². The average molecular weight is 725 g/mol. The highest BCUT2D eigenvalue weighted by atomic mass is 15.0. The van der Waals surface area contributed by atoms with Gasteiger partial charge in [-0.25, -0.2) is 15.0 Å². The van der Waals surface area contributed by atoms with Crippen molar-refractivity contribution in [1.29, 1.82) is 0 Å². The van der Waals surface area contributed by atoms with E-state index in [0.29, 0.717) is 17.5 Å². The molecule has 0 saturated heterocycles. The van der Waals surface area contributed by atoms with E-state index in [1.807, 2.05) is 36.4 Å². The third-order valence-electron chi connectivity index (χ3n) is 11.6. The molecule has 1 aliphatic rings. The fourth-order valence-corrected chi connectivity index (χ4v) is 9.06. The molecule has 57 heavy (non-hydrogen) atoms. The van der Waals surface area contributed by atoms with Crippen LogP contribution in [0.4, 0.5) is 0 Å². The molecule has 264 valence electrons. The van der Waals surface area contributed by atoms with Gasteiger partial charge in [-0.15, -0.1) is 0 Å². The molecule has 0 spiro atoms. The summed E-state index contributed by atoms with van der Waals surface area (Å²) in [7, 11) is 0. The Morgan fingerprint density at radius 2 is 0.860 bits per heavy atom. The van der Waals surface area contributed by atoms with Crippen LogP contribution in [-0.2, 0) is 0 Å². The van der Waals surface area contributed by atoms with Crippen molar-refractivity contribution in [1.82, 2.24) is 19.5 Å². The highest BCUT2D eigenvalue weighted by Crippen LogP contribution is 2.51. The first kappa shape index (κ1) is 31.6. The third-order valence-corrected chi connectivity index (χ3v) is 11.6. The number of nitrogens with zero attached hydrogens (tertiary/aromatic N) is 4. The Labute approximate surface area is 329 Å². The van der Waals surface area contributed by atoms with Crippen LogP contribution < -0.4 is 0 Å². The first-order chi connectivity index (χ1) is 28.3. The smallest absolute Gasteiger partial charge is 0.164 e. The Hall–Kier alpha value is -7.69. The quantitative estimate of drug-likeness (QED) is 0.177. The highest BCUT2D eigenvalue weighted by Gasteiger charge is 2.26. The van der Waals surface area contributed by atoms with Crippen LogP contribution in [0.1, 0.15) is 0 Å². The van der Waals surface area contributed by atoms with Crippen molar-refractivity contribution >= 4 is 43.4 Å². The third kappa shape index (κ3) is 4.84.